The molecule has 0 radical (unpaired) electrons. The summed E-state index contributed by atoms with van der Waals surface area (Å²) < 4.78 is 8.40. The molecule has 132 valence electrons. The predicted octanol–water partition coefficient (Wildman–Crippen LogP) is 1.12. The molecule has 0 aliphatic rings. The lowest BCUT2D eigenvalue weighted by Gasteiger charge is -2.05. The molecule has 0 aliphatic heterocycles. The molecule has 0 unspecified atom stereocenters. The standard InChI is InChI=1S/C16H15N7O3/c1-9-13(15(25)23-16(18-9)19-10(2)21-23)20-14(24)12-5-4-11(26-12)8-22-7-3-6-17-22/h3-7H,8H2,1-2H3,(H,20,24)(H,18,19,21). The number of nitrogens with zero attached hydrogens (tertiary/aromatic N) is 5. The van der Waals surface area contributed by atoms with Crippen LogP contribution in [0.2, 0.25) is 0 Å². The lowest BCUT2D eigenvalue weighted by molar-refractivity contribution is 0.0994. The molecule has 0 bridgehead atoms. The van der Waals surface area contributed by atoms with Gasteiger partial charge in [-0.2, -0.15) is 14.6 Å². The zero-order chi connectivity index (χ0) is 18.3. The fourth-order valence-corrected chi connectivity index (χ4v) is 2.58. The van der Waals surface area contributed by atoms with Crippen molar-refractivity contribution in [1.29, 1.82) is 0 Å². The van der Waals surface area contributed by atoms with Crippen LogP contribution in [0.25, 0.3) is 5.78 Å². The molecule has 0 spiro atoms. The number of carbonyl (C=O) groups is 1. The number of hydrogen-bond acceptors (Lipinski definition) is 6. The summed E-state index contributed by atoms with van der Waals surface area (Å²) in [5, 5.41) is 9.43. The van der Waals surface area contributed by atoms with Gasteiger partial charge in [0.15, 0.2) is 5.76 Å². The number of hydrogen-bond donors (Lipinski definition) is 2. The molecule has 4 rings (SSSR count). The maximum Gasteiger partial charge on any atom is 0.298 e. The first-order chi connectivity index (χ1) is 12.5. The summed E-state index contributed by atoms with van der Waals surface area (Å²) in [7, 11) is 0. The predicted molar refractivity (Wildman–Crippen MR) is 91.1 cm³/mol. The van der Waals surface area contributed by atoms with Gasteiger partial charge in [0.2, 0.25) is 0 Å². The Morgan fingerprint density at radius 2 is 2.15 bits per heavy atom. The average molecular weight is 353 g/mol. The molecule has 2 N–H and O–H groups in total. The number of aryl methyl sites for hydroxylation is 2. The van der Waals surface area contributed by atoms with Crippen molar-refractivity contribution in [3.8, 4) is 0 Å². The van der Waals surface area contributed by atoms with Crippen molar-refractivity contribution in [2.24, 2.45) is 0 Å². The summed E-state index contributed by atoms with van der Waals surface area (Å²) in [6, 6.07) is 5.04. The third-order valence-corrected chi connectivity index (χ3v) is 3.79. The van der Waals surface area contributed by atoms with Crippen LogP contribution in [0.5, 0.6) is 0 Å². The van der Waals surface area contributed by atoms with E-state index in [1.165, 1.54) is 4.52 Å². The van der Waals surface area contributed by atoms with Crippen LogP contribution >= 0.6 is 0 Å². The number of furan rings is 1. The van der Waals surface area contributed by atoms with Crippen LogP contribution in [-0.4, -0.2) is 35.3 Å². The highest BCUT2D eigenvalue weighted by Gasteiger charge is 2.18. The number of H-pyrrole nitrogens is 1. The van der Waals surface area contributed by atoms with Gasteiger partial charge in [0, 0.05) is 12.4 Å². The first-order valence-corrected chi connectivity index (χ1v) is 7.85. The topological polar surface area (TPSA) is 123 Å². The molecule has 0 aliphatic carbocycles. The molecule has 10 heteroatoms. The largest absolute Gasteiger partial charge is 0.454 e. The third-order valence-electron chi connectivity index (χ3n) is 3.79. The summed E-state index contributed by atoms with van der Waals surface area (Å²) in [5.74, 6) is 0.936. The Morgan fingerprint density at radius 3 is 2.92 bits per heavy atom. The van der Waals surface area contributed by atoms with Crippen LogP contribution in [0.1, 0.15) is 27.8 Å². The van der Waals surface area contributed by atoms with Gasteiger partial charge in [-0.3, -0.25) is 19.4 Å². The van der Waals surface area contributed by atoms with Gasteiger partial charge in [-0.25, -0.2) is 4.98 Å². The molecule has 10 nitrogen and oxygen atoms in total. The highest BCUT2D eigenvalue weighted by Crippen LogP contribution is 2.13. The van der Waals surface area contributed by atoms with Gasteiger partial charge in [0.1, 0.15) is 17.3 Å². The lowest BCUT2D eigenvalue weighted by Crippen LogP contribution is -2.25. The first kappa shape index (κ1) is 15.8. The molecule has 26 heavy (non-hydrogen) atoms. The number of rotatable bonds is 4. The van der Waals surface area contributed by atoms with E-state index >= 15 is 0 Å². The number of amides is 1. The Bertz CT molecular complexity index is 1150. The molecular formula is C16H15N7O3. The van der Waals surface area contributed by atoms with Crippen molar-refractivity contribution in [2.45, 2.75) is 20.4 Å². The fourth-order valence-electron chi connectivity index (χ4n) is 2.58. The number of anilines is 1. The highest BCUT2D eigenvalue weighted by atomic mass is 16.4. The van der Waals surface area contributed by atoms with Crippen molar-refractivity contribution < 1.29 is 9.21 Å². The van der Waals surface area contributed by atoms with Gasteiger partial charge in [0.05, 0.1) is 12.2 Å². The Hall–Kier alpha value is -3.69. The quantitative estimate of drug-likeness (QED) is 0.567. The van der Waals surface area contributed by atoms with E-state index in [0.717, 1.165) is 0 Å². The highest BCUT2D eigenvalue weighted by molar-refractivity contribution is 6.02. The lowest BCUT2D eigenvalue weighted by atomic mass is 10.3. The molecule has 4 aromatic rings. The zero-order valence-electron chi connectivity index (χ0n) is 14.1. The molecule has 0 saturated carbocycles. The number of nitrogens with one attached hydrogen (secondary N) is 2. The summed E-state index contributed by atoms with van der Waals surface area (Å²) >= 11 is 0. The van der Waals surface area contributed by atoms with Crippen molar-refractivity contribution in [3.05, 3.63) is 64.0 Å². The van der Waals surface area contributed by atoms with Crippen molar-refractivity contribution in [3.63, 3.8) is 0 Å². The Balaban J connectivity index is 1.59. The van der Waals surface area contributed by atoms with Crippen LogP contribution in [0, 0.1) is 13.8 Å². The second-order valence-corrected chi connectivity index (χ2v) is 5.75. The summed E-state index contributed by atoms with van der Waals surface area (Å²) in [6.07, 6.45) is 3.45. The number of aromatic nitrogens is 6. The molecule has 0 saturated heterocycles. The fraction of sp³-hybridized carbons (Fsp3) is 0.188. The maximum absolute atomic E-state index is 12.5. The van der Waals surface area contributed by atoms with E-state index in [1.54, 1.807) is 49.1 Å². The average Bonchev–Trinajstić information content (AvgIpc) is 3.33. The molecule has 4 aromatic heterocycles. The maximum atomic E-state index is 12.5. The second kappa shape index (κ2) is 5.99. The van der Waals surface area contributed by atoms with Gasteiger partial charge in [0.25, 0.3) is 17.2 Å². The Kier molecular flexibility index (Phi) is 3.64. The van der Waals surface area contributed by atoms with Crippen LogP contribution in [0.15, 0.2) is 39.8 Å². The molecule has 4 heterocycles. The normalized spacial score (nSPS) is 11.2. The number of fused-ring (bicyclic) bond motifs is 1. The summed E-state index contributed by atoms with van der Waals surface area (Å²) in [5.41, 5.74) is 0.00381. The van der Waals surface area contributed by atoms with E-state index in [4.69, 9.17) is 4.42 Å². The van der Waals surface area contributed by atoms with Gasteiger partial charge >= 0.3 is 0 Å². The van der Waals surface area contributed by atoms with E-state index in [9.17, 15) is 9.59 Å². The van der Waals surface area contributed by atoms with Gasteiger partial charge < -0.3 is 9.73 Å². The summed E-state index contributed by atoms with van der Waals surface area (Å²) in [4.78, 5) is 33.3. The van der Waals surface area contributed by atoms with E-state index in [1.807, 2.05) is 0 Å². The van der Waals surface area contributed by atoms with E-state index in [-0.39, 0.29) is 17.2 Å². The van der Waals surface area contributed by atoms with Crippen molar-refractivity contribution >= 4 is 17.4 Å². The first-order valence-electron chi connectivity index (χ1n) is 7.85. The number of aromatic amines is 1. The van der Waals surface area contributed by atoms with Crippen molar-refractivity contribution in [2.75, 3.05) is 5.32 Å². The monoisotopic (exact) mass is 353 g/mol. The van der Waals surface area contributed by atoms with Gasteiger partial charge in [-0.15, -0.1) is 0 Å². The van der Waals surface area contributed by atoms with Crippen molar-refractivity contribution in [1.82, 2.24) is 29.4 Å². The molecule has 0 fully saturated rings. The Morgan fingerprint density at radius 1 is 1.31 bits per heavy atom. The summed E-state index contributed by atoms with van der Waals surface area (Å²) in [6.45, 7) is 3.75. The molecular weight excluding hydrogens is 338 g/mol. The van der Waals surface area contributed by atoms with Gasteiger partial charge in [-0.1, -0.05) is 0 Å². The molecule has 1 amide bonds. The second-order valence-electron chi connectivity index (χ2n) is 5.75. The van der Waals surface area contributed by atoms with Crippen LogP contribution in [0.4, 0.5) is 5.69 Å². The Labute approximate surface area is 146 Å². The van der Waals surface area contributed by atoms with Gasteiger partial charge in [-0.05, 0) is 32.0 Å². The SMILES string of the molecule is Cc1nc2nc(C)c(NC(=O)c3ccc(Cn4cccn4)o3)c(=O)n2[nH]1. The minimum Gasteiger partial charge on any atom is -0.454 e. The minimum atomic E-state index is -0.532. The van der Waals surface area contributed by atoms with E-state index < -0.39 is 11.5 Å². The van der Waals surface area contributed by atoms with E-state index in [2.05, 4.69) is 25.5 Å². The van der Waals surface area contributed by atoms with Crippen LogP contribution < -0.4 is 10.9 Å². The zero-order valence-corrected chi connectivity index (χ0v) is 14.1. The van der Waals surface area contributed by atoms with Crippen LogP contribution in [-0.2, 0) is 6.54 Å². The number of carbonyl (C=O) groups excluding carboxylic acids is 1. The smallest absolute Gasteiger partial charge is 0.298 e. The van der Waals surface area contributed by atoms with E-state index in [0.29, 0.717) is 23.8 Å². The molecule has 0 aromatic carbocycles. The van der Waals surface area contributed by atoms with Crippen LogP contribution in [0.3, 0.4) is 0 Å². The third kappa shape index (κ3) is 2.77. The minimum absolute atomic E-state index is 0.0705. The molecule has 0 atom stereocenters.